The van der Waals surface area contributed by atoms with Crippen LogP contribution in [-0.4, -0.2) is 0 Å². The third kappa shape index (κ3) is 4.33. The molecular formula is C12H19Cl. The zero-order chi connectivity index (χ0) is 10.4. The normalized spacial score (nSPS) is 9.46. The van der Waals surface area contributed by atoms with Gasteiger partial charge in [0, 0.05) is 5.02 Å². The Morgan fingerprint density at radius 2 is 1.62 bits per heavy atom. The maximum absolute atomic E-state index is 5.89. The second-order valence-corrected chi connectivity index (χ2v) is 3.65. The third-order valence-corrected chi connectivity index (χ3v) is 1.95. The molecule has 0 aliphatic carbocycles. The third-order valence-electron chi connectivity index (χ3n) is 1.73. The van der Waals surface area contributed by atoms with Crippen LogP contribution in [-0.2, 0) is 0 Å². The summed E-state index contributed by atoms with van der Waals surface area (Å²) in [5, 5.41) is 0.841. The van der Waals surface area contributed by atoms with E-state index >= 15 is 0 Å². The van der Waals surface area contributed by atoms with Crippen LogP contribution in [0.2, 0.25) is 5.02 Å². The number of hydrogen-bond acceptors (Lipinski definition) is 0. The SMILES string of the molecule is CC.Cc1cc(Cl)cc(C(C)C)c1. The molecule has 0 nitrogen and oxygen atoms in total. The number of rotatable bonds is 1. The van der Waals surface area contributed by atoms with E-state index in [-0.39, 0.29) is 0 Å². The van der Waals surface area contributed by atoms with Crippen molar-refractivity contribution in [2.45, 2.75) is 40.5 Å². The van der Waals surface area contributed by atoms with E-state index in [1.165, 1.54) is 11.1 Å². The molecule has 0 N–H and O–H groups in total. The van der Waals surface area contributed by atoms with Crippen molar-refractivity contribution in [2.75, 3.05) is 0 Å². The van der Waals surface area contributed by atoms with E-state index in [1.807, 2.05) is 26.0 Å². The molecule has 1 aromatic rings. The largest absolute Gasteiger partial charge is 0.0843 e. The van der Waals surface area contributed by atoms with Crippen molar-refractivity contribution in [1.82, 2.24) is 0 Å². The minimum Gasteiger partial charge on any atom is -0.0843 e. The van der Waals surface area contributed by atoms with Gasteiger partial charge >= 0.3 is 0 Å². The van der Waals surface area contributed by atoms with Crippen LogP contribution in [0.5, 0.6) is 0 Å². The summed E-state index contributed by atoms with van der Waals surface area (Å²) in [6, 6.07) is 6.18. The molecule has 0 aromatic heterocycles. The van der Waals surface area contributed by atoms with Gasteiger partial charge in [-0.3, -0.25) is 0 Å². The number of aryl methyl sites for hydroxylation is 1. The summed E-state index contributed by atoms with van der Waals surface area (Å²) < 4.78 is 0. The molecule has 0 saturated heterocycles. The van der Waals surface area contributed by atoms with Crippen LogP contribution >= 0.6 is 11.6 Å². The molecule has 0 aliphatic rings. The van der Waals surface area contributed by atoms with E-state index in [9.17, 15) is 0 Å². The highest BCUT2D eigenvalue weighted by Crippen LogP contribution is 2.20. The van der Waals surface area contributed by atoms with E-state index in [0.29, 0.717) is 5.92 Å². The van der Waals surface area contributed by atoms with Crippen molar-refractivity contribution in [3.63, 3.8) is 0 Å². The first-order valence-electron chi connectivity index (χ1n) is 4.86. The minimum atomic E-state index is 0.562. The Labute approximate surface area is 86.9 Å². The number of halogens is 1. The van der Waals surface area contributed by atoms with Crippen LogP contribution in [0.1, 0.15) is 44.7 Å². The smallest absolute Gasteiger partial charge is 0.0411 e. The highest BCUT2D eigenvalue weighted by atomic mass is 35.5. The monoisotopic (exact) mass is 198 g/mol. The van der Waals surface area contributed by atoms with E-state index in [1.54, 1.807) is 0 Å². The standard InChI is InChI=1S/C10H13Cl.C2H6/c1-7(2)9-4-8(3)5-10(11)6-9;1-2/h4-7H,1-3H3;1-2H3. The lowest BCUT2D eigenvalue weighted by molar-refractivity contribution is 0.865. The lowest BCUT2D eigenvalue weighted by Crippen LogP contribution is -1.87. The van der Waals surface area contributed by atoms with Crippen LogP contribution < -0.4 is 0 Å². The number of benzene rings is 1. The van der Waals surface area contributed by atoms with E-state index < -0.39 is 0 Å². The van der Waals surface area contributed by atoms with Crippen LogP contribution in [0.3, 0.4) is 0 Å². The fraction of sp³-hybridized carbons (Fsp3) is 0.500. The molecule has 0 atom stereocenters. The summed E-state index contributed by atoms with van der Waals surface area (Å²) >= 11 is 5.89. The first kappa shape index (κ1) is 12.5. The quantitative estimate of drug-likeness (QED) is 0.608. The molecule has 0 aliphatic heterocycles. The Bertz CT molecular complexity index is 231. The molecule has 0 spiro atoms. The molecule has 0 bridgehead atoms. The Kier molecular flexibility index (Phi) is 5.81. The molecule has 0 heterocycles. The molecule has 0 fully saturated rings. The summed E-state index contributed by atoms with van der Waals surface area (Å²) in [4.78, 5) is 0. The van der Waals surface area contributed by atoms with E-state index in [0.717, 1.165) is 5.02 Å². The summed E-state index contributed by atoms with van der Waals surface area (Å²) in [5.74, 6) is 0.562. The van der Waals surface area contributed by atoms with Crippen molar-refractivity contribution >= 4 is 11.6 Å². The first-order valence-corrected chi connectivity index (χ1v) is 5.24. The van der Waals surface area contributed by atoms with Crippen molar-refractivity contribution in [3.8, 4) is 0 Å². The second kappa shape index (κ2) is 6.04. The molecule has 0 saturated carbocycles. The Hall–Kier alpha value is -0.490. The van der Waals surface area contributed by atoms with Gasteiger partial charge in [0.05, 0.1) is 0 Å². The molecule has 1 heteroatoms. The second-order valence-electron chi connectivity index (χ2n) is 3.22. The zero-order valence-corrected chi connectivity index (χ0v) is 9.94. The molecule has 1 rings (SSSR count). The fourth-order valence-corrected chi connectivity index (χ4v) is 1.40. The van der Waals surface area contributed by atoms with Crippen molar-refractivity contribution in [2.24, 2.45) is 0 Å². The van der Waals surface area contributed by atoms with Crippen molar-refractivity contribution < 1.29 is 0 Å². The average Bonchev–Trinajstić information content (AvgIpc) is 2.06. The van der Waals surface area contributed by atoms with Crippen LogP contribution in [0, 0.1) is 6.92 Å². The highest BCUT2D eigenvalue weighted by Gasteiger charge is 2.00. The van der Waals surface area contributed by atoms with Gasteiger partial charge in [-0.05, 0) is 36.1 Å². The highest BCUT2D eigenvalue weighted by molar-refractivity contribution is 6.30. The zero-order valence-electron chi connectivity index (χ0n) is 9.19. The summed E-state index contributed by atoms with van der Waals surface area (Å²) in [7, 11) is 0. The average molecular weight is 199 g/mol. The van der Waals surface area contributed by atoms with E-state index in [2.05, 4.69) is 26.8 Å². The van der Waals surface area contributed by atoms with Crippen molar-refractivity contribution in [3.05, 3.63) is 34.3 Å². The predicted octanol–water partition coefficient (Wildman–Crippen LogP) is 4.80. The summed E-state index contributed by atoms with van der Waals surface area (Å²) in [6.07, 6.45) is 0. The molecular weight excluding hydrogens is 180 g/mol. The summed E-state index contributed by atoms with van der Waals surface area (Å²) in [6.45, 7) is 10.4. The van der Waals surface area contributed by atoms with Gasteiger partial charge in [0.1, 0.15) is 0 Å². The Balaban J connectivity index is 0.000000671. The molecule has 1 aromatic carbocycles. The Morgan fingerprint density at radius 3 is 2.00 bits per heavy atom. The molecule has 0 radical (unpaired) electrons. The lowest BCUT2D eigenvalue weighted by Gasteiger charge is -2.06. The van der Waals surface area contributed by atoms with Crippen LogP contribution in [0.4, 0.5) is 0 Å². The first-order chi connectivity index (χ1) is 6.09. The van der Waals surface area contributed by atoms with Crippen molar-refractivity contribution in [1.29, 1.82) is 0 Å². The summed E-state index contributed by atoms with van der Waals surface area (Å²) in [5.41, 5.74) is 2.55. The maximum Gasteiger partial charge on any atom is 0.0411 e. The van der Waals surface area contributed by atoms with Gasteiger partial charge in [-0.1, -0.05) is 45.4 Å². The Morgan fingerprint density at radius 1 is 1.08 bits per heavy atom. The molecule has 74 valence electrons. The van der Waals surface area contributed by atoms with Gasteiger partial charge in [-0.2, -0.15) is 0 Å². The number of hydrogen-bond donors (Lipinski definition) is 0. The van der Waals surface area contributed by atoms with Gasteiger partial charge in [0.15, 0.2) is 0 Å². The minimum absolute atomic E-state index is 0.562. The topological polar surface area (TPSA) is 0 Å². The maximum atomic E-state index is 5.89. The molecule has 0 unspecified atom stereocenters. The van der Waals surface area contributed by atoms with Crippen LogP contribution in [0.15, 0.2) is 18.2 Å². The van der Waals surface area contributed by atoms with Gasteiger partial charge in [-0.15, -0.1) is 0 Å². The molecule has 13 heavy (non-hydrogen) atoms. The van der Waals surface area contributed by atoms with Gasteiger partial charge in [-0.25, -0.2) is 0 Å². The van der Waals surface area contributed by atoms with Gasteiger partial charge in [0.2, 0.25) is 0 Å². The molecule has 0 amide bonds. The predicted molar refractivity (Wildman–Crippen MR) is 61.6 cm³/mol. The van der Waals surface area contributed by atoms with Gasteiger partial charge < -0.3 is 0 Å². The lowest BCUT2D eigenvalue weighted by atomic mass is 10.0. The van der Waals surface area contributed by atoms with Crippen LogP contribution in [0.25, 0.3) is 0 Å². The fourth-order valence-electron chi connectivity index (χ4n) is 1.10. The van der Waals surface area contributed by atoms with Gasteiger partial charge in [0.25, 0.3) is 0 Å². The van der Waals surface area contributed by atoms with E-state index in [4.69, 9.17) is 11.6 Å².